The highest BCUT2D eigenvalue weighted by atomic mass is 15.1. The van der Waals surface area contributed by atoms with Crippen molar-refractivity contribution < 1.29 is 0 Å². The van der Waals surface area contributed by atoms with Crippen LogP contribution in [0.1, 0.15) is 35.2 Å². The van der Waals surface area contributed by atoms with Gasteiger partial charge in [-0.1, -0.05) is 12.1 Å². The van der Waals surface area contributed by atoms with Gasteiger partial charge < -0.3 is 15.5 Å². The molecule has 5 nitrogen and oxygen atoms in total. The van der Waals surface area contributed by atoms with E-state index in [1.807, 2.05) is 16.8 Å². The highest BCUT2D eigenvalue weighted by molar-refractivity contribution is 5.93. The van der Waals surface area contributed by atoms with Gasteiger partial charge in [-0.2, -0.15) is 0 Å². The second-order valence-corrected chi connectivity index (χ2v) is 6.68. The van der Waals surface area contributed by atoms with Gasteiger partial charge in [-0.15, -0.1) is 0 Å². The average molecular weight is 333 g/mol. The number of guanidine groups is 1. The molecule has 0 saturated carbocycles. The quantitative estimate of drug-likeness (QED) is 0.570. The molecule has 25 heavy (non-hydrogen) atoms. The van der Waals surface area contributed by atoms with Crippen LogP contribution in [0.5, 0.6) is 0 Å². The third-order valence-electron chi connectivity index (χ3n) is 4.74. The summed E-state index contributed by atoms with van der Waals surface area (Å²) in [5.41, 5.74) is 13.1. The molecule has 0 amide bonds. The van der Waals surface area contributed by atoms with Gasteiger partial charge in [0.05, 0.1) is 12.2 Å². The van der Waals surface area contributed by atoms with Gasteiger partial charge in [0, 0.05) is 18.1 Å². The number of anilines is 1. The fourth-order valence-electron chi connectivity index (χ4n) is 3.45. The van der Waals surface area contributed by atoms with E-state index in [1.54, 1.807) is 0 Å². The Morgan fingerprint density at radius 1 is 1.28 bits per heavy atom. The number of aliphatic imine (C=N–C) groups is 1. The van der Waals surface area contributed by atoms with Crippen LogP contribution >= 0.6 is 0 Å². The molecule has 0 saturated heterocycles. The van der Waals surface area contributed by atoms with Gasteiger partial charge in [0.25, 0.3) is 0 Å². The highest BCUT2D eigenvalue weighted by Crippen LogP contribution is 2.27. The molecule has 5 heteroatoms. The van der Waals surface area contributed by atoms with Crippen LogP contribution in [0.3, 0.4) is 0 Å². The number of aromatic nitrogens is 2. The maximum atomic E-state index is 6.11. The highest BCUT2D eigenvalue weighted by Gasteiger charge is 2.13. The summed E-state index contributed by atoms with van der Waals surface area (Å²) in [6.07, 6.45) is 8.79. The lowest BCUT2D eigenvalue weighted by atomic mass is 9.90. The van der Waals surface area contributed by atoms with E-state index in [9.17, 15) is 0 Å². The number of nitrogens with two attached hydrogens (primary N) is 1. The van der Waals surface area contributed by atoms with Crippen LogP contribution < -0.4 is 11.1 Å². The van der Waals surface area contributed by atoms with Crippen LogP contribution in [-0.2, 0) is 19.4 Å². The van der Waals surface area contributed by atoms with E-state index in [1.165, 1.54) is 29.5 Å². The molecule has 0 aliphatic heterocycles. The zero-order valence-corrected chi connectivity index (χ0v) is 14.5. The van der Waals surface area contributed by atoms with Crippen LogP contribution in [0.4, 0.5) is 5.69 Å². The first-order valence-corrected chi connectivity index (χ1v) is 8.81. The molecule has 0 spiro atoms. The molecule has 3 aromatic rings. The largest absolute Gasteiger partial charge is 0.370 e. The maximum absolute atomic E-state index is 6.11. The average Bonchev–Trinajstić information content (AvgIpc) is 3.02. The molecule has 4 rings (SSSR count). The van der Waals surface area contributed by atoms with E-state index >= 15 is 0 Å². The minimum atomic E-state index is 0.437. The number of imidazole rings is 1. The van der Waals surface area contributed by atoms with Crippen molar-refractivity contribution in [1.82, 2.24) is 9.38 Å². The summed E-state index contributed by atoms with van der Waals surface area (Å²) in [5.74, 6) is 0.437. The SMILES string of the molecule is Cc1ccn2cc(CN=C(N)Nc3cccc4c3CCCC4)nc2c1. The summed E-state index contributed by atoms with van der Waals surface area (Å²) in [6, 6.07) is 10.5. The normalized spacial score (nSPS) is 14.5. The van der Waals surface area contributed by atoms with Crippen molar-refractivity contribution in [3.05, 3.63) is 65.1 Å². The summed E-state index contributed by atoms with van der Waals surface area (Å²) in [7, 11) is 0. The minimum absolute atomic E-state index is 0.437. The zero-order valence-electron chi connectivity index (χ0n) is 14.5. The number of pyridine rings is 1. The van der Waals surface area contributed by atoms with Crippen LogP contribution in [0.2, 0.25) is 0 Å². The molecule has 0 radical (unpaired) electrons. The molecule has 0 atom stereocenters. The van der Waals surface area contributed by atoms with E-state index in [2.05, 4.69) is 52.5 Å². The second-order valence-electron chi connectivity index (χ2n) is 6.68. The predicted octanol–water partition coefficient (Wildman–Crippen LogP) is 3.45. The smallest absolute Gasteiger partial charge is 0.193 e. The van der Waals surface area contributed by atoms with E-state index in [4.69, 9.17) is 5.73 Å². The predicted molar refractivity (Wildman–Crippen MR) is 102 cm³/mol. The Labute approximate surface area is 147 Å². The van der Waals surface area contributed by atoms with Crippen molar-refractivity contribution in [2.24, 2.45) is 10.7 Å². The Bertz CT molecular complexity index is 938. The maximum Gasteiger partial charge on any atom is 0.193 e. The number of nitrogens with one attached hydrogen (secondary N) is 1. The molecule has 0 fully saturated rings. The van der Waals surface area contributed by atoms with E-state index in [-0.39, 0.29) is 0 Å². The summed E-state index contributed by atoms with van der Waals surface area (Å²) in [6.45, 7) is 2.53. The van der Waals surface area contributed by atoms with Crippen molar-refractivity contribution in [2.45, 2.75) is 39.2 Å². The number of hydrogen-bond donors (Lipinski definition) is 2. The lowest BCUT2D eigenvalue weighted by molar-refractivity contribution is 0.687. The van der Waals surface area contributed by atoms with Crippen LogP contribution in [0, 0.1) is 6.92 Å². The molecule has 1 aliphatic rings. The standard InChI is InChI=1S/C20H23N5/c1-14-9-10-25-13-16(23-19(25)11-14)12-22-20(21)24-18-8-4-6-15-5-2-3-7-17(15)18/h4,6,8-11,13H,2-3,5,7,12H2,1H3,(H3,21,22,24). The van der Waals surface area contributed by atoms with E-state index in [0.717, 1.165) is 29.9 Å². The molecule has 0 bridgehead atoms. The van der Waals surface area contributed by atoms with E-state index in [0.29, 0.717) is 12.5 Å². The summed E-state index contributed by atoms with van der Waals surface area (Å²) < 4.78 is 2.01. The van der Waals surface area contributed by atoms with Gasteiger partial charge >= 0.3 is 0 Å². The third kappa shape index (κ3) is 3.36. The number of benzene rings is 1. The molecule has 128 valence electrons. The Morgan fingerprint density at radius 2 is 2.16 bits per heavy atom. The lowest BCUT2D eigenvalue weighted by Crippen LogP contribution is -2.24. The fourth-order valence-corrected chi connectivity index (χ4v) is 3.45. The van der Waals surface area contributed by atoms with Gasteiger partial charge in [0.2, 0.25) is 0 Å². The number of rotatable bonds is 3. The molecule has 1 aliphatic carbocycles. The molecule has 1 aromatic carbocycles. The van der Waals surface area contributed by atoms with Crippen LogP contribution in [0.25, 0.3) is 5.65 Å². The van der Waals surface area contributed by atoms with Gasteiger partial charge in [0.1, 0.15) is 5.65 Å². The number of nitrogens with zero attached hydrogens (tertiary/aromatic N) is 3. The van der Waals surface area contributed by atoms with Crippen LogP contribution in [0.15, 0.2) is 47.7 Å². The lowest BCUT2D eigenvalue weighted by Gasteiger charge is -2.19. The van der Waals surface area contributed by atoms with Crippen molar-refractivity contribution in [3.63, 3.8) is 0 Å². The second kappa shape index (κ2) is 6.59. The topological polar surface area (TPSA) is 67.7 Å². The molecule has 3 N–H and O–H groups in total. The first-order valence-electron chi connectivity index (χ1n) is 8.81. The van der Waals surface area contributed by atoms with Crippen LogP contribution in [-0.4, -0.2) is 15.3 Å². The Hall–Kier alpha value is -2.82. The third-order valence-corrected chi connectivity index (χ3v) is 4.74. The van der Waals surface area contributed by atoms with Crippen molar-refractivity contribution in [2.75, 3.05) is 5.32 Å². The number of aryl methyl sites for hydroxylation is 2. The molecular weight excluding hydrogens is 310 g/mol. The first kappa shape index (κ1) is 15.7. The van der Waals surface area contributed by atoms with Crippen molar-refractivity contribution in [3.8, 4) is 0 Å². The zero-order chi connectivity index (χ0) is 17.2. The van der Waals surface area contributed by atoms with Crippen molar-refractivity contribution >= 4 is 17.3 Å². The van der Waals surface area contributed by atoms with Crippen molar-refractivity contribution in [1.29, 1.82) is 0 Å². The fraction of sp³-hybridized carbons (Fsp3) is 0.300. The Kier molecular flexibility index (Phi) is 4.14. The summed E-state index contributed by atoms with van der Waals surface area (Å²) in [4.78, 5) is 9.06. The molecule has 2 aromatic heterocycles. The first-order chi connectivity index (χ1) is 12.2. The minimum Gasteiger partial charge on any atom is -0.370 e. The summed E-state index contributed by atoms with van der Waals surface area (Å²) >= 11 is 0. The van der Waals surface area contributed by atoms with Gasteiger partial charge in [-0.3, -0.25) is 0 Å². The number of hydrogen-bond acceptors (Lipinski definition) is 2. The monoisotopic (exact) mass is 333 g/mol. The molecular formula is C20H23N5. The number of fused-ring (bicyclic) bond motifs is 2. The van der Waals surface area contributed by atoms with Gasteiger partial charge in [0.15, 0.2) is 5.96 Å². The Morgan fingerprint density at radius 3 is 3.08 bits per heavy atom. The van der Waals surface area contributed by atoms with Gasteiger partial charge in [-0.05, 0) is 67.5 Å². The Balaban J connectivity index is 1.50. The van der Waals surface area contributed by atoms with E-state index < -0.39 is 0 Å². The van der Waals surface area contributed by atoms with Gasteiger partial charge in [-0.25, -0.2) is 9.98 Å². The molecule has 0 unspecified atom stereocenters. The molecule has 2 heterocycles. The summed E-state index contributed by atoms with van der Waals surface area (Å²) in [5, 5.41) is 3.28.